The summed E-state index contributed by atoms with van der Waals surface area (Å²) >= 11 is 1.66. The molecule has 62 valence electrons. The summed E-state index contributed by atoms with van der Waals surface area (Å²) in [5.41, 5.74) is 0. The van der Waals surface area contributed by atoms with Crippen molar-refractivity contribution in [2.45, 2.75) is 12.8 Å². The first-order chi connectivity index (χ1) is 5.22. The molecule has 1 N–H and O–H groups in total. The molecule has 0 radical (unpaired) electrons. The Bertz CT molecular complexity index is 173. The van der Waals surface area contributed by atoms with Crippen LogP contribution in [0.3, 0.4) is 0 Å². The van der Waals surface area contributed by atoms with Crippen molar-refractivity contribution in [1.29, 1.82) is 0 Å². The topological polar surface area (TPSA) is 54.4 Å². The normalized spacial score (nSPS) is 24.5. The van der Waals surface area contributed by atoms with Gasteiger partial charge in [-0.25, -0.2) is 4.79 Å². The Morgan fingerprint density at radius 2 is 2.18 bits per heavy atom. The van der Waals surface area contributed by atoms with Crippen LogP contribution in [0.1, 0.15) is 12.8 Å². The van der Waals surface area contributed by atoms with E-state index in [1.54, 1.807) is 11.8 Å². The number of hydrogen-bond donors (Lipinski definition) is 1. The molecule has 0 saturated carbocycles. The minimum atomic E-state index is -1.28. The van der Waals surface area contributed by atoms with Gasteiger partial charge >= 0.3 is 5.97 Å². The van der Waals surface area contributed by atoms with Crippen molar-refractivity contribution >= 4 is 23.5 Å². The number of thioether (sulfide) groups is 1. The molecule has 0 aromatic carbocycles. The smallest absolute Gasteiger partial charge is 0.372 e. The Kier molecular flexibility index (Phi) is 2.93. The quantitative estimate of drug-likeness (QED) is 0.629. The third-order valence-corrected chi connectivity index (χ3v) is 2.96. The van der Waals surface area contributed by atoms with E-state index >= 15 is 0 Å². The van der Waals surface area contributed by atoms with Gasteiger partial charge in [0.2, 0.25) is 5.78 Å². The van der Waals surface area contributed by atoms with Gasteiger partial charge in [0.1, 0.15) is 0 Å². The molecule has 1 heterocycles. The molecule has 1 saturated heterocycles. The van der Waals surface area contributed by atoms with E-state index < -0.39 is 11.8 Å². The first-order valence-corrected chi connectivity index (χ1v) is 4.72. The Morgan fingerprint density at radius 3 is 2.64 bits per heavy atom. The van der Waals surface area contributed by atoms with E-state index in [4.69, 9.17) is 5.11 Å². The lowest BCUT2D eigenvalue weighted by molar-refractivity contribution is -0.150. The van der Waals surface area contributed by atoms with E-state index in [-0.39, 0.29) is 5.92 Å². The maximum atomic E-state index is 10.9. The standard InChI is InChI=1S/C7H10O3S/c8-6(7(9)10)5-2-1-3-11-4-5/h5H,1-4H2,(H,9,10). The molecule has 0 aromatic heterocycles. The Balaban J connectivity index is 2.45. The van der Waals surface area contributed by atoms with Gasteiger partial charge in [0, 0.05) is 11.7 Å². The molecular formula is C7H10O3S. The number of carbonyl (C=O) groups excluding carboxylic acids is 1. The average Bonchev–Trinajstić information content (AvgIpc) is 2.05. The number of carbonyl (C=O) groups is 2. The lowest BCUT2D eigenvalue weighted by atomic mass is 10.0. The van der Waals surface area contributed by atoms with E-state index in [2.05, 4.69) is 0 Å². The van der Waals surface area contributed by atoms with Crippen LogP contribution in [0.2, 0.25) is 0 Å². The average molecular weight is 174 g/mol. The molecule has 3 nitrogen and oxygen atoms in total. The number of hydrogen-bond acceptors (Lipinski definition) is 3. The summed E-state index contributed by atoms with van der Waals surface area (Å²) in [7, 11) is 0. The highest BCUT2D eigenvalue weighted by atomic mass is 32.2. The van der Waals surface area contributed by atoms with Crippen molar-refractivity contribution in [3.63, 3.8) is 0 Å². The summed E-state index contributed by atoms with van der Waals surface area (Å²) < 4.78 is 0. The van der Waals surface area contributed by atoms with Crippen LogP contribution in [-0.2, 0) is 9.59 Å². The van der Waals surface area contributed by atoms with E-state index in [0.717, 1.165) is 18.6 Å². The number of aliphatic carboxylic acids is 1. The second-order valence-corrected chi connectivity index (χ2v) is 3.73. The van der Waals surface area contributed by atoms with Crippen molar-refractivity contribution < 1.29 is 14.7 Å². The molecule has 1 aliphatic heterocycles. The first kappa shape index (κ1) is 8.59. The largest absolute Gasteiger partial charge is 0.475 e. The van der Waals surface area contributed by atoms with Crippen molar-refractivity contribution in [2.24, 2.45) is 5.92 Å². The van der Waals surface area contributed by atoms with Crippen LogP contribution in [0.25, 0.3) is 0 Å². The third-order valence-electron chi connectivity index (χ3n) is 1.74. The third kappa shape index (κ3) is 2.22. The molecule has 0 aliphatic carbocycles. The minimum Gasteiger partial charge on any atom is -0.475 e. The number of Topliss-reactive ketones (excluding diaryl/α,β-unsaturated/α-hetero) is 1. The zero-order valence-corrected chi connectivity index (χ0v) is 6.89. The van der Waals surface area contributed by atoms with Crippen LogP contribution in [0.15, 0.2) is 0 Å². The highest BCUT2D eigenvalue weighted by Crippen LogP contribution is 2.23. The van der Waals surface area contributed by atoms with Crippen molar-refractivity contribution in [3.05, 3.63) is 0 Å². The molecule has 0 amide bonds. The summed E-state index contributed by atoms with van der Waals surface area (Å²) in [6, 6.07) is 0. The van der Waals surface area contributed by atoms with Crippen LogP contribution in [0.5, 0.6) is 0 Å². The molecule has 1 atom stereocenters. The fourth-order valence-corrected chi connectivity index (χ4v) is 2.26. The van der Waals surface area contributed by atoms with Gasteiger partial charge in [-0.05, 0) is 18.6 Å². The monoisotopic (exact) mass is 174 g/mol. The van der Waals surface area contributed by atoms with E-state index in [9.17, 15) is 9.59 Å². The minimum absolute atomic E-state index is 0.230. The molecule has 0 bridgehead atoms. The fourth-order valence-electron chi connectivity index (χ4n) is 1.12. The fraction of sp³-hybridized carbons (Fsp3) is 0.714. The first-order valence-electron chi connectivity index (χ1n) is 3.56. The van der Waals surface area contributed by atoms with Crippen molar-refractivity contribution in [2.75, 3.05) is 11.5 Å². The van der Waals surface area contributed by atoms with E-state index in [1.165, 1.54) is 0 Å². The predicted octanol–water partition coefficient (Wildman–Crippen LogP) is 0.783. The SMILES string of the molecule is O=C(O)C(=O)C1CCCSC1. The van der Waals surface area contributed by atoms with Crippen molar-refractivity contribution in [1.82, 2.24) is 0 Å². The van der Waals surface area contributed by atoms with Gasteiger partial charge in [0.15, 0.2) is 0 Å². The van der Waals surface area contributed by atoms with Gasteiger partial charge < -0.3 is 5.11 Å². The number of carboxylic acids is 1. The highest BCUT2D eigenvalue weighted by Gasteiger charge is 2.26. The zero-order chi connectivity index (χ0) is 8.27. The molecule has 1 aliphatic rings. The molecule has 1 rings (SSSR count). The summed E-state index contributed by atoms with van der Waals surface area (Å²) in [5, 5.41) is 8.38. The number of ketones is 1. The van der Waals surface area contributed by atoms with Gasteiger partial charge in [0.25, 0.3) is 0 Å². The van der Waals surface area contributed by atoms with Crippen LogP contribution >= 0.6 is 11.8 Å². The van der Waals surface area contributed by atoms with Gasteiger partial charge in [-0.1, -0.05) is 0 Å². The van der Waals surface area contributed by atoms with Crippen LogP contribution in [0, 0.1) is 5.92 Å². The second kappa shape index (κ2) is 3.76. The molecule has 0 aromatic rings. The molecule has 1 fully saturated rings. The maximum absolute atomic E-state index is 10.9. The molecule has 4 heteroatoms. The number of rotatable bonds is 2. The molecule has 1 unspecified atom stereocenters. The second-order valence-electron chi connectivity index (χ2n) is 2.58. The highest BCUT2D eigenvalue weighted by molar-refractivity contribution is 7.99. The lowest BCUT2D eigenvalue weighted by Crippen LogP contribution is -2.27. The summed E-state index contributed by atoms with van der Waals surface area (Å²) in [4.78, 5) is 21.1. The van der Waals surface area contributed by atoms with E-state index in [0.29, 0.717) is 5.75 Å². The van der Waals surface area contributed by atoms with Crippen LogP contribution in [0.4, 0.5) is 0 Å². The zero-order valence-electron chi connectivity index (χ0n) is 6.08. The van der Waals surface area contributed by atoms with Crippen molar-refractivity contribution in [3.8, 4) is 0 Å². The summed E-state index contributed by atoms with van der Waals surface area (Å²) in [5.74, 6) is -0.380. The molecular weight excluding hydrogens is 164 g/mol. The summed E-state index contributed by atoms with van der Waals surface area (Å²) in [6.07, 6.45) is 1.71. The van der Waals surface area contributed by atoms with E-state index in [1.807, 2.05) is 0 Å². The van der Waals surface area contributed by atoms with Gasteiger partial charge in [-0.15, -0.1) is 0 Å². The Hall–Kier alpha value is -0.510. The number of carboxylic acid groups (broad SMARTS) is 1. The van der Waals surface area contributed by atoms with Crippen LogP contribution in [-0.4, -0.2) is 28.4 Å². The molecule has 0 spiro atoms. The summed E-state index contributed by atoms with van der Waals surface area (Å²) in [6.45, 7) is 0. The van der Waals surface area contributed by atoms with Gasteiger partial charge in [-0.3, -0.25) is 4.79 Å². The molecule has 11 heavy (non-hydrogen) atoms. The Morgan fingerprint density at radius 1 is 1.45 bits per heavy atom. The predicted molar refractivity (Wildman–Crippen MR) is 42.7 cm³/mol. The van der Waals surface area contributed by atoms with Gasteiger partial charge in [0.05, 0.1) is 0 Å². The van der Waals surface area contributed by atoms with Crippen LogP contribution < -0.4 is 0 Å². The van der Waals surface area contributed by atoms with Gasteiger partial charge in [-0.2, -0.15) is 11.8 Å². The maximum Gasteiger partial charge on any atom is 0.372 e. The Labute approximate surface area is 69.2 Å². The lowest BCUT2D eigenvalue weighted by Gasteiger charge is -2.17.